The van der Waals surface area contributed by atoms with Gasteiger partial charge in [0.15, 0.2) is 0 Å². The topological polar surface area (TPSA) is 76.8 Å². The molecule has 7 heteroatoms. The van der Waals surface area contributed by atoms with Gasteiger partial charge < -0.3 is 9.15 Å². The van der Waals surface area contributed by atoms with Crippen molar-refractivity contribution in [3.63, 3.8) is 0 Å². The second-order valence-electron chi connectivity index (χ2n) is 4.79. The molecule has 0 saturated carbocycles. The van der Waals surface area contributed by atoms with Gasteiger partial charge in [0.05, 0.1) is 11.5 Å². The van der Waals surface area contributed by atoms with Crippen LogP contribution in [0.5, 0.6) is 0 Å². The summed E-state index contributed by atoms with van der Waals surface area (Å²) in [5.74, 6) is 0.126. The van der Waals surface area contributed by atoms with Gasteiger partial charge in [0.2, 0.25) is 0 Å². The minimum atomic E-state index is -0.578. The Balaban J connectivity index is 1.99. The van der Waals surface area contributed by atoms with E-state index in [-0.39, 0.29) is 11.4 Å². The average Bonchev–Trinajstić information content (AvgIpc) is 2.98. The molecule has 0 bridgehead atoms. The van der Waals surface area contributed by atoms with Crippen LogP contribution in [0.3, 0.4) is 0 Å². The number of hydrogen-bond acceptors (Lipinski definition) is 6. The molecule has 0 radical (unpaired) electrons. The first kappa shape index (κ1) is 16.4. The number of imide groups is 1. The molecule has 1 aromatic rings. The van der Waals surface area contributed by atoms with Crippen molar-refractivity contribution in [2.45, 2.75) is 26.7 Å². The zero-order chi connectivity index (χ0) is 16.1. The Labute approximate surface area is 132 Å². The normalized spacial score (nSPS) is 16.6. The SMILES string of the molecule is CCCCOC(=O)CN1C(=O)S/C(=C/c2ccc(C)o2)C1=O. The molecule has 0 aliphatic carbocycles. The fourth-order valence-electron chi connectivity index (χ4n) is 1.80. The molecule has 0 atom stereocenters. The fourth-order valence-corrected chi connectivity index (χ4v) is 2.62. The number of amides is 2. The summed E-state index contributed by atoms with van der Waals surface area (Å²) in [4.78, 5) is 36.7. The van der Waals surface area contributed by atoms with Crippen molar-refractivity contribution in [1.82, 2.24) is 4.90 Å². The highest BCUT2D eigenvalue weighted by Crippen LogP contribution is 2.32. The van der Waals surface area contributed by atoms with E-state index in [0.717, 1.165) is 29.5 Å². The molecule has 0 unspecified atom stereocenters. The van der Waals surface area contributed by atoms with E-state index in [4.69, 9.17) is 9.15 Å². The first-order chi connectivity index (χ1) is 10.5. The maximum atomic E-state index is 12.2. The van der Waals surface area contributed by atoms with Crippen molar-refractivity contribution in [2.24, 2.45) is 0 Å². The van der Waals surface area contributed by atoms with Crippen molar-refractivity contribution in [3.8, 4) is 0 Å². The van der Waals surface area contributed by atoms with Crippen molar-refractivity contribution in [2.75, 3.05) is 13.2 Å². The Morgan fingerprint density at radius 1 is 1.41 bits per heavy atom. The average molecular weight is 323 g/mol. The van der Waals surface area contributed by atoms with Crippen molar-refractivity contribution in [3.05, 3.63) is 28.6 Å². The van der Waals surface area contributed by atoms with E-state index < -0.39 is 17.1 Å². The van der Waals surface area contributed by atoms with Gasteiger partial charge in [-0.15, -0.1) is 0 Å². The smallest absolute Gasteiger partial charge is 0.326 e. The highest BCUT2D eigenvalue weighted by molar-refractivity contribution is 8.18. The quantitative estimate of drug-likeness (QED) is 0.455. The van der Waals surface area contributed by atoms with E-state index in [2.05, 4.69) is 0 Å². The second-order valence-corrected chi connectivity index (χ2v) is 5.78. The van der Waals surface area contributed by atoms with Gasteiger partial charge in [-0.3, -0.25) is 19.3 Å². The molecule has 0 aromatic carbocycles. The fraction of sp³-hybridized carbons (Fsp3) is 0.400. The van der Waals surface area contributed by atoms with Gasteiger partial charge in [-0.1, -0.05) is 13.3 Å². The van der Waals surface area contributed by atoms with E-state index in [0.29, 0.717) is 18.1 Å². The molecule has 6 nitrogen and oxygen atoms in total. The summed E-state index contributed by atoms with van der Waals surface area (Å²) in [7, 11) is 0. The predicted molar refractivity (Wildman–Crippen MR) is 82.0 cm³/mol. The molecular weight excluding hydrogens is 306 g/mol. The summed E-state index contributed by atoms with van der Waals surface area (Å²) < 4.78 is 10.3. The molecule has 1 aromatic heterocycles. The van der Waals surface area contributed by atoms with Gasteiger partial charge in [0.1, 0.15) is 18.1 Å². The van der Waals surface area contributed by atoms with Crippen LogP contribution in [0.1, 0.15) is 31.3 Å². The minimum absolute atomic E-state index is 0.237. The van der Waals surface area contributed by atoms with Gasteiger partial charge in [-0.05, 0) is 37.2 Å². The van der Waals surface area contributed by atoms with Crippen molar-refractivity contribution >= 4 is 35.0 Å². The zero-order valence-corrected chi connectivity index (χ0v) is 13.3. The molecule has 22 heavy (non-hydrogen) atoms. The number of aryl methyl sites for hydroxylation is 1. The third-order valence-electron chi connectivity index (χ3n) is 2.96. The van der Waals surface area contributed by atoms with Crippen LogP contribution in [-0.4, -0.2) is 35.2 Å². The van der Waals surface area contributed by atoms with E-state index >= 15 is 0 Å². The van der Waals surface area contributed by atoms with Gasteiger partial charge in [0, 0.05) is 6.08 Å². The summed E-state index contributed by atoms with van der Waals surface area (Å²) in [6, 6.07) is 3.48. The van der Waals surface area contributed by atoms with Crippen LogP contribution in [0, 0.1) is 6.92 Å². The van der Waals surface area contributed by atoms with Gasteiger partial charge in [-0.2, -0.15) is 0 Å². The summed E-state index contributed by atoms with van der Waals surface area (Å²) in [5.41, 5.74) is 0. The number of nitrogens with zero attached hydrogens (tertiary/aromatic N) is 1. The van der Waals surface area contributed by atoms with Crippen LogP contribution >= 0.6 is 11.8 Å². The number of thioether (sulfide) groups is 1. The number of carbonyl (C=O) groups excluding carboxylic acids is 3. The first-order valence-corrected chi connectivity index (χ1v) is 7.80. The van der Waals surface area contributed by atoms with Gasteiger partial charge >= 0.3 is 5.97 Å². The summed E-state index contributed by atoms with van der Waals surface area (Å²) in [6.07, 6.45) is 3.16. The third-order valence-corrected chi connectivity index (χ3v) is 3.86. The molecule has 1 fully saturated rings. The zero-order valence-electron chi connectivity index (χ0n) is 12.5. The Bertz CT molecular complexity index is 619. The van der Waals surface area contributed by atoms with E-state index in [1.165, 1.54) is 6.08 Å². The molecule has 0 spiro atoms. The van der Waals surface area contributed by atoms with Crippen LogP contribution < -0.4 is 0 Å². The number of rotatable bonds is 6. The van der Waals surface area contributed by atoms with E-state index in [1.54, 1.807) is 19.1 Å². The lowest BCUT2D eigenvalue weighted by atomic mass is 10.3. The lowest BCUT2D eigenvalue weighted by Gasteiger charge is -2.11. The number of hydrogen-bond donors (Lipinski definition) is 0. The number of carbonyl (C=O) groups is 3. The Morgan fingerprint density at radius 2 is 2.18 bits per heavy atom. The van der Waals surface area contributed by atoms with Crippen LogP contribution in [0.25, 0.3) is 6.08 Å². The molecule has 2 rings (SSSR count). The Morgan fingerprint density at radius 3 is 2.82 bits per heavy atom. The van der Waals surface area contributed by atoms with Crippen LogP contribution in [0.15, 0.2) is 21.5 Å². The largest absolute Gasteiger partial charge is 0.464 e. The summed E-state index contributed by atoms with van der Waals surface area (Å²) >= 11 is 0.787. The van der Waals surface area contributed by atoms with E-state index in [1.807, 2.05) is 6.92 Å². The van der Waals surface area contributed by atoms with Crippen molar-refractivity contribution < 1.29 is 23.5 Å². The molecule has 1 aliphatic heterocycles. The van der Waals surface area contributed by atoms with Crippen LogP contribution in [-0.2, 0) is 14.3 Å². The highest BCUT2D eigenvalue weighted by Gasteiger charge is 2.36. The number of esters is 1. The summed E-state index contributed by atoms with van der Waals surface area (Å²) in [5, 5.41) is -0.480. The molecule has 0 N–H and O–H groups in total. The molecule has 1 aliphatic rings. The first-order valence-electron chi connectivity index (χ1n) is 6.98. The number of furan rings is 1. The van der Waals surface area contributed by atoms with Gasteiger partial charge in [-0.25, -0.2) is 0 Å². The predicted octanol–water partition coefficient (Wildman–Crippen LogP) is 2.97. The number of ether oxygens (including phenoxy) is 1. The summed E-state index contributed by atoms with van der Waals surface area (Å²) in [6.45, 7) is 3.71. The monoisotopic (exact) mass is 323 g/mol. The maximum Gasteiger partial charge on any atom is 0.326 e. The Kier molecular flexibility index (Phi) is 5.43. The standard InChI is InChI=1S/C15H17NO5S/c1-3-4-7-20-13(17)9-16-14(18)12(22-15(16)19)8-11-6-5-10(2)21-11/h5-6,8H,3-4,7,9H2,1-2H3/b12-8+. The van der Waals surface area contributed by atoms with Gasteiger partial charge in [0.25, 0.3) is 11.1 Å². The van der Waals surface area contributed by atoms with Crippen molar-refractivity contribution in [1.29, 1.82) is 0 Å². The highest BCUT2D eigenvalue weighted by atomic mass is 32.2. The maximum absolute atomic E-state index is 12.2. The molecule has 2 amide bonds. The molecule has 118 valence electrons. The molecular formula is C15H17NO5S. The molecule has 1 saturated heterocycles. The van der Waals surface area contributed by atoms with Crippen LogP contribution in [0.4, 0.5) is 4.79 Å². The van der Waals surface area contributed by atoms with E-state index in [9.17, 15) is 14.4 Å². The lowest BCUT2D eigenvalue weighted by Crippen LogP contribution is -2.34. The Hall–Kier alpha value is -2.02. The van der Waals surface area contributed by atoms with Crippen LogP contribution in [0.2, 0.25) is 0 Å². The molecule has 2 heterocycles. The lowest BCUT2D eigenvalue weighted by molar-refractivity contribution is -0.146. The minimum Gasteiger partial charge on any atom is -0.464 e. The third kappa shape index (κ3) is 4.00. The second kappa shape index (κ2) is 7.31. The number of unbranched alkanes of at least 4 members (excludes halogenated alkanes) is 1.